The van der Waals surface area contributed by atoms with Crippen LogP contribution in [0.3, 0.4) is 0 Å². The van der Waals surface area contributed by atoms with E-state index in [0.29, 0.717) is 18.3 Å². The highest BCUT2D eigenvalue weighted by Crippen LogP contribution is 2.26. The summed E-state index contributed by atoms with van der Waals surface area (Å²) < 4.78 is 6.43. The van der Waals surface area contributed by atoms with Crippen LogP contribution in [0.25, 0.3) is 0 Å². The summed E-state index contributed by atoms with van der Waals surface area (Å²) in [7, 11) is 0. The van der Waals surface area contributed by atoms with Gasteiger partial charge in [-0.2, -0.15) is 0 Å². The van der Waals surface area contributed by atoms with Crippen molar-refractivity contribution >= 4 is 32.7 Å². The Balaban J connectivity index is 2.54. The van der Waals surface area contributed by atoms with Gasteiger partial charge in [-0.25, -0.2) is 0 Å². The molecule has 1 heterocycles. The lowest BCUT2D eigenvalue weighted by Crippen LogP contribution is -1.98. The summed E-state index contributed by atoms with van der Waals surface area (Å²) in [5.41, 5.74) is 0.855. The maximum absolute atomic E-state index is 5.97. The van der Waals surface area contributed by atoms with Crippen molar-refractivity contribution in [2.75, 3.05) is 13.2 Å². The predicted octanol–water partition coefficient (Wildman–Crippen LogP) is 2.83. The molecule has 1 aliphatic rings. The number of ether oxygens (including phenoxy) is 1. The highest BCUT2D eigenvalue weighted by Gasteiger charge is 2.11. The molecule has 0 saturated heterocycles. The van der Waals surface area contributed by atoms with Crippen molar-refractivity contribution in [1.82, 2.24) is 0 Å². The second-order valence-corrected chi connectivity index (χ2v) is 3.94. The van der Waals surface area contributed by atoms with Crippen molar-refractivity contribution in [1.29, 1.82) is 0 Å². The summed E-state index contributed by atoms with van der Waals surface area (Å²) >= 11 is 9.35. The maximum atomic E-state index is 5.97. The van der Waals surface area contributed by atoms with Gasteiger partial charge in [0.25, 0.3) is 0 Å². The van der Waals surface area contributed by atoms with Gasteiger partial charge in [0.15, 0.2) is 0 Å². The molecule has 0 aromatic heterocycles. The molecule has 68 valence electrons. The quantitative estimate of drug-likeness (QED) is 0.703. The normalized spacial score (nSPS) is 15.4. The smallest absolute Gasteiger partial charge is 0.134 e. The van der Waals surface area contributed by atoms with Gasteiger partial charge >= 0.3 is 0 Å². The summed E-state index contributed by atoms with van der Waals surface area (Å²) in [5, 5.41) is 0.522. The number of hydrogen-bond donors (Lipinski definition) is 0. The Bertz CT molecular complexity index is 365. The third-order valence-corrected chi connectivity index (χ3v) is 2.58. The second kappa shape index (κ2) is 3.68. The molecule has 13 heavy (non-hydrogen) atoms. The van der Waals surface area contributed by atoms with Crippen molar-refractivity contribution in [3.63, 3.8) is 0 Å². The number of halogens is 2. The van der Waals surface area contributed by atoms with Crippen molar-refractivity contribution in [2.45, 2.75) is 0 Å². The van der Waals surface area contributed by atoms with Crippen LogP contribution in [0, 0.1) is 0 Å². The van der Waals surface area contributed by atoms with Crippen LogP contribution in [0.5, 0.6) is 5.75 Å². The SMILES string of the molecule is ClC1=NCCOc2ccc(Br)cc21. The third-order valence-electron chi connectivity index (χ3n) is 1.76. The van der Waals surface area contributed by atoms with E-state index in [9.17, 15) is 0 Å². The fourth-order valence-electron chi connectivity index (χ4n) is 1.17. The molecule has 0 radical (unpaired) electrons. The van der Waals surface area contributed by atoms with Gasteiger partial charge in [0.1, 0.15) is 17.5 Å². The minimum absolute atomic E-state index is 0.522. The first-order valence-electron chi connectivity index (χ1n) is 3.90. The fraction of sp³-hybridized carbons (Fsp3) is 0.222. The van der Waals surface area contributed by atoms with Gasteiger partial charge in [-0.05, 0) is 18.2 Å². The van der Waals surface area contributed by atoms with E-state index in [-0.39, 0.29) is 0 Å². The average molecular weight is 261 g/mol. The summed E-state index contributed by atoms with van der Waals surface area (Å²) in [6.07, 6.45) is 0. The van der Waals surface area contributed by atoms with E-state index in [1.165, 1.54) is 0 Å². The van der Waals surface area contributed by atoms with Crippen LogP contribution in [0.2, 0.25) is 0 Å². The topological polar surface area (TPSA) is 21.6 Å². The number of hydrogen-bond acceptors (Lipinski definition) is 2. The predicted molar refractivity (Wildman–Crippen MR) is 56.9 cm³/mol. The van der Waals surface area contributed by atoms with Crippen LogP contribution in [0.15, 0.2) is 27.7 Å². The molecule has 0 aliphatic carbocycles. The largest absolute Gasteiger partial charge is 0.491 e. The molecular formula is C9H7BrClNO. The third kappa shape index (κ3) is 1.86. The number of aliphatic imine (C=N–C) groups is 1. The van der Waals surface area contributed by atoms with Crippen LogP contribution in [-0.2, 0) is 0 Å². The molecular weight excluding hydrogens is 253 g/mol. The Morgan fingerprint density at radius 3 is 3.15 bits per heavy atom. The maximum Gasteiger partial charge on any atom is 0.134 e. The number of benzene rings is 1. The average Bonchev–Trinajstić information content (AvgIpc) is 2.29. The van der Waals surface area contributed by atoms with Crippen LogP contribution in [0.4, 0.5) is 0 Å². The first-order valence-corrected chi connectivity index (χ1v) is 5.07. The van der Waals surface area contributed by atoms with E-state index in [0.717, 1.165) is 15.8 Å². The minimum atomic E-state index is 0.522. The summed E-state index contributed by atoms with van der Waals surface area (Å²) in [4.78, 5) is 4.14. The standard InChI is InChI=1S/C9H7BrClNO/c10-6-1-2-8-7(5-6)9(11)12-3-4-13-8/h1-2,5H,3-4H2. The number of fused-ring (bicyclic) bond motifs is 1. The van der Waals surface area contributed by atoms with E-state index >= 15 is 0 Å². The van der Waals surface area contributed by atoms with Crippen LogP contribution >= 0.6 is 27.5 Å². The van der Waals surface area contributed by atoms with Gasteiger partial charge in [-0.15, -0.1) is 0 Å². The van der Waals surface area contributed by atoms with Gasteiger partial charge in [0.05, 0.1) is 12.1 Å². The zero-order chi connectivity index (χ0) is 9.26. The fourth-order valence-corrected chi connectivity index (χ4v) is 1.77. The second-order valence-electron chi connectivity index (χ2n) is 2.66. The molecule has 0 amide bonds. The lowest BCUT2D eigenvalue weighted by molar-refractivity contribution is 0.331. The van der Waals surface area contributed by atoms with Crippen molar-refractivity contribution < 1.29 is 4.74 Å². The van der Waals surface area contributed by atoms with E-state index in [4.69, 9.17) is 16.3 Å². The van der Waals surface area contributed by atoms with E-state index in [1.54, 1.807) is 0 Å². The van der Waals surface area contributed by atoms with Gasteiger partial charge < -0.3 is 4.74 Å². The van der Waals surface area contributed by atoms with E-state index in [1.807, 2.05) is 18.2 Å². The molecule has 0 unspecified atom stereocenters. The van der Waals surface area contributed by atoms with Crippen molar-refractivity contribution in [2.24, 2.45) is 4.99 Å². The Hall–Kier alpha value is -0.540. The van der Waals surface area contributed by atoms with Crippen molar-refractivity contribution in [3.05, 3.63) is 28.2 Å². The van der Waals surface area contributed by atoms with Gasteiger partial charge in [0, 0.05) is 4.47 Å². The zero-order valence-corrected chi connectivity index (χ0v) is 9.10. The molecule has 2 rings (SSSR count). The molecule has 1 aliphatic heterocycles. The van der Waals surface area contributed by atoms with E-state index in [2.05, 4.69) is 20.9 Å². The van der Waals surface area contributed by atoms with Crippen molar-refractivity contribution in [3.8, 4) is 5.75 Å². The molecule has 0 atom stereocenters. The van der Waals surface area contributed by atoms with Gasteiger partial charge in [-0.3, -0.25) is 4.99 Å². The summed E-state index contributed by atoms with van der Waals surface area (Å²) in [6.45, 7) is 1.20. The van der Waals surface area contributed by atoms with Crippen LogP contribution in [0.1, 0.15) is 5.56 Å². The molecule has 4 heteroatoms. The molecule has 0 N–H and O–H groups in total. The number of rotatable bonds is 0. The molecule has 1 aromatic carbocycles. The minimum Gasteiger partial charge on any atom is -0.491 e. The molecule has 0 bridgehead atoms. The molecule has 2 nitrogen and oxygen atoms in total. The highest BCUT2D eigenvalue weighted by molar-refractivity contribution is 9.10. The Morgan fingerprint density at radius 1 is 1.46 bits per heavy atom. The lowest BCUT2D eigenvalue weighted by atomic mass is 10.2. The molecule has 0 saturated carbocycles. The van der Waals surface area contributed by atoms with Crippen LogP contribution in [-0.4, -0.2) is 18.3 Å². The summed E-state index contributed by atoms with van der Waals surface area (Å²) in [6, 6.07) is 5.73. The Labute approximate surface area is 89.7 Å². The van der Waals surface area contributed by atoms with Gasteiger partial charge in [-0.1, -0.05) is 27.5 Å². The van der Waals surface area contributed by atoms with E-state index < -0.39 is 0 Å². The van der Waals surface area contributed by atoms with Gasteiger partial charge in [0.2, 0.25) is 0 Å². The zero-order valence-electron chi connectivity index (χ0n) is 6.76. The first kappa shape index (κ1) is 9.03. The number of nitrogens with zero attached hydrogens (tertiary/aromatic N) is 1. The monoisotopic (exact) mass is 259 g/mol. The highest BCUT2D eigenvalue weighted by atomic mass is 79.9. The Morgan fingerprint density at radius 2 is 2.31 bits per heavy atom. The molecule has 0 fully saturated rings. The van der Waals surface area contributed by atoms with Crippen LogP contribution < -0.4 is 4.74 Å². The Kier molecular flexibility index (Phi) is 2.56. The first-order chi connectivity index (χ1) is 6.27. The molecule has 1 aromatic rings. The summed E-state index contributed by atoms with van der Waals surface area (Å²) in [5.74, 6) is 0.800. The molecule has 0 spiro atoms. The lowest BCUT2D eigenvalue weighted by Gasteiger charge is -2.05.